The van der Waals surface area contributed by atoms with E-state index < -0.39 is 0 Å². The highest BCUT2D eigenvalue weighted by Crippen LogP contribution is 2.22. The van der Waals surface area contributed by atoms with E-state index in [4.69, 9.17) is 10.00 Å². The molecule has 0 aliphatic carbocycles. The molecule has 2 aromatic rings. The normalized spacial score (nSPS) is 9.76. The summed E-state index contributed by atoms with van der Waals surface area (Å²) in [5.74, 6) is 0.395. The van der Waals surface area contributed by atoms with Gasteiger partial charge < -0.3 is 10.1 Å². The van der Waals surface area contributed by atoms with Gasteiger partial charge in [-0.3, -0.25) is 4.79 Å². The molecule has 0 saturated heterocycles. The maximum absolute atomic E-state index is 11.8. The average Bonchev–Trinajstić information content (AvgIpc) is 2.46. The van der Waals surface area contributed by atoms with Crippen molar-refractivity contribution in [3.63, 3.8) is 0 Å². The van der Waals surface area contributed by atoms with Crippen LogP contribution < -0.4 is 10.1 Å². The number of ether oxygens (including phenoxy) is 1. The summed E-state index contributed by atoms with van der Waals surface area (Å²) in [5.41, 5.74) is 2.02. The molecule has 1 amide bonds. The number of nitrogens with zero attached hydrogens (tertiary/aromatic N) is 1. The smallest absolute Gasteiger partial charge is 0.262 e. The van der Waals surface area contributed by atoms with Crippen LogP contribution in [0.1, 0.15) is 11.1 Å². The van der Waals surface area contributed by atoms with E-state index in [9.17, 15) is 4.79 Å². The highest BCUT2D eigenvalue weighted by atomic mass is 79.9. The zero-order valence-electron chi connectivity index (χ0n) is 11.4. The number of carbonyl (C=O) groups excluding carboxylic acids is 1. The van der Waals surface area contributed by atoms with Crippen LogP contribution in [0.3, 0.4) is 0 Å². The van der Waals surface area contributed by atoms with Gasteiger partial charge in [-0.15, -0.1) is 0 Å². The summed E-state index contributed by atoms with van der Waals surface area (Å²) in [6.45, 7) is 1.83. The lowest BCUT2D eigenvalue weighted by Crippen LogP contribution is -2.20. The Balaban J connectivity index is 1.94. The van der Waals surface area contributed by atoms with Crippen LogP contribution in [0.15, 0.2) is 46.9 Å². The SMILES string of the molecule is Cc1cc(Br)ccc1OCC(=O)Nc1cccc(C#N)c1. The topological polar surface area (TPSA) is 62.1 Å². The molecule has 106 valence electrons. The molecule has 4 nitrogen and oxygen atoms in total. The molecule has 0 bridgehead atoms. The highest BCUT2D eigenvalue weighted by molar-refractivity contribution is 9.10. The Morgan fingerprint density at radius 3 is 2.86 bits per heavy atom. The van der Waals surface area contributed by atoms with Crippen LogP contribution in [0.5, 0.6) is 5.75 Å². The van der Waals surface area contributed by atoms with E-state index in [1.165, 1.54) is 0 Å². The number of halogens is 1. The summed E-state index contributed by atoms with van der Waals surface area (Å²) in [7, 11) is 0. The van der Waals surface area contributed by atoms with Gasteiger partial charge in [-0.25, -0.2) is 0 Å². The van der Waals surface area contributed by atoms with Crippen molar-refractivity contribution in [1.29, 1.82) is 5.26 Å². The number of amides is 1. The molecule has 0 aliphatic heterocycles. The maximum atomic E-state index is 11.8. The number of rotatable bonds is 4. The molecule has 2 rings (SSSR count). The molecule has 2 aromatic carbocycles. The Morgan fingerprint density at radius 1 is 1.33 bits per heavy atom. The quantitative estimate of drug-likeness (QED) is 0.920. The van der Waals surface area contributed by atoms with Gasteiger partial charge in [0.1, 0.15) is 5.75 Å². The second-order valence-electron chi connectivity index (χ2n) is 4.44. The Labute approximate surface area is 131 Å². The van der Waals surface area contributed by atoms with E-state index in [1.54, 1.807) is 24.3 Å². The van der Waals surface area contributed by atoms with E-state index in [0.29, 0.717) is 17.0 Å². The summed E-state index contributed by atoms with van der Waals surface area (Å²) in [5, 5.41) is 11.5. The van der Waals surface area contributed by atoms with Crippen LogP contribution in [0, 0.1) is 18.3 Å². The van der Waals surface area contributed by atoms with Crippen LogP contribution in [-0.2, 0) is 4.79 Å². The number of nitriles is 1. The van der Waals surface area contributed by atoms with Crippen LogP contribution in [0.2, 0.25) is 0 Å². The molecule has 0 radical (unpaired) electrons. The Bertz CT molecular complexity index is 708. The van der Waals surface area contributed by atoms with Crippen molar-refractivity contribution in [2.24, 2.45) is 0 Å². The molecule has 0 saturated carbocycles. The minimum absolute atomic E-state index is 0.0841. The van der Waals surface area contributed by atoms with Crippen molar-refractivity contribution in [2.75, 3.05) is 11.9 Å². The molecule has 0 unspecified atom stereocenters. The fourth-order valence-electron chi connectivity index (χ4n) is 1.78. The van der Waals surface area contributed by atoms with Gasteiger partial charge in [0.05, 0.1) is 11.6 Å². The molecule has 1 N–H and O–H groups in total. The Morgan fingerprint density at radius 2 is 2.14 bits per heavy atom. The number of anilines is 1. The number of benzene rings is 2. The molecule has 0 atom stereocenters. The van der Waals surface area contributed by atoms with Crippen molar-refractivity contribution in [1.82, 2.24) is 0 Å². The molecular formula is C16H13BrN2O2. The van der Waals surface area contributed by atoms with Gasteiger partial charge >= 0.3 is 0 Å². The Kier molecular flexibility index (Phi) is 4.96. The summed E-state index contributed by atoms with van der Waals surface area (Å²) >= 11 is 3.37. The number of carbonyl (C=O) groups is 1. The largest absolute Gasteiger partial charge is 0.483 e. The third kappa shape index (κ3) is 4.33. The molecule has 5 heteroatoms. The molecule has 0 aliphatic rings. The van der Waals surface area contributed by atoms with Gasteiger partial charge in [0, 0.05) is 10.2 Å². The van der Waals surface area contributed by atoms with E-state index in [-0.39, 0.29) is 12.5 Å². The van der Waals surface area contributed by atoms with Gasteiger partial charge in [0.2, 0.25) is 0 Å². The van der Waals surface area contributed by atoms with Crippen molar-refractivity contribution in [3.05, 3.63) is 58.1 Å². The van der Waals surface area contributed by atoms with Crippen molar-refractivity contribution in [2.45, 2.75) is 6.92 Å². The first kappa shape index (κ1) is 15.1. The van der Waals surface area contributed by atoms with Gasteiger partial charge in [-0.1, -0.05) is 22.0 Å². The van der Waals surface area contributed by atoms with Crippen molar-refractivity contribution >= 4 is 27.5 Å². The third-order valence-electron chi connectivity index (χ3n) is 2.77. The summed E-state index contributed by atoms with van der Waals surface area (Å²) in [6.07, 6.45) is 0. The first-order valence-electron chi connectivity index (χ1n) is 6.27. The zero-order chi connectivity index (χ0) is 15.2. The Hall–Kier alpha value is -2.32. The van der Waals surface area contributed by atoms with Crippen molar-refractivity contribution < 1.29 is 9.53 Å². The second kappa shape index (κ2) is 6.91. The lowest BCUT2D eigenvalue weighted by Gasteiger charge is -2.10. The number of nitrogens with one attached hydrogen (secondary N) is 1. The highest BCUT2D eigenvalue weighted by Gasteiger charge is 2.06. The van der Waals surface area contributed by atoms with Crippen molar-refractivity contribution in [3.8, 4) is 11.8 Å². The predicted octanol–water partition coefficient (Wildman–Crippen LogP) is 3.65. The van der Waals surface area contributed by atoms with Gasteiger partial charge in [-0.05, 0) is 48.9 Å². The minimum atomic E-state index is -0.271. The van der Waals surface area contributed by atoms with E-state index >= 15 is 0 Å². The van der Waals surface area contributed by atoms with Gasteiger partial charge in [-0.2, -0.15) is 5.26 Å². The van der Waals surface area contributed by atoms with Crippen LogP contribution in [0.25, 0.3) is 0 Å². The lowest BCUT2D eigenvalue weighted by molar-refractivity contribution is -0.118. The summed E-state index contributed by atoms with van der Waals surface area (Å²) in [6, 6.07) is 14.3. The van der Waals surface area contributed by atoms with E-state index in [2.05, 4.69) is 21.2 Å². The molecule has 0 spiro atoms. The van der Waals surface area contributed by atoms with Crippen LogP contribution in [0.4, 0.5) is 5.69 Å². The first-order valence-corrected chi connectivity index (χ1v) is 7.07. The maximum Gasteiger partial charge on any atom is 0.262 e. The summed E-state index contributed by atoms with van der Waals surface area (Å²) < 4.78 is 6.45. The van der Waals surface area contributed by atoms with Crippen LogP contribution in [-0.4, -0.2) is 12.5 Å². The fraction of sp³-hybridized carbons (Fsp3) is 0.125. The lowest BCUT2D eigenvalue weighted by atomic mass is 10.2. The summed E-state index contributed by atoms with van der Waals surface area (Å²) in [4.78, 5) is 11.8. The average molecular weight is 345 g/mol. The molecule has 21 heavy (non-hydrogen) atoms. The number of hydrogen-bond acceptors (Lipinski definition) is 3. The standard InChI is InChI=1S/C16H13BrN2O2/c1-11-7-13(17)5-6-15(11)21-10-16(20)19-14-4-2-3-12(8-14)9-18/h2-8H,10H2,1H3,(H,19,20). The van der Waals surface area contributed by atoms with E-state index in [1.807, 2.05) is 31.2 Å². The number of hydrogen-bond donors (Lipinski definition) is 1. The molecular weight excluding hydrogens is 332 g/mol. The molecule has 0 fully saturated rings. The monoisotopic (exact) mass is 344 g/mol. The van der Waals surface area contributed by atoms with Gasteiger partial charge in [0.25, 0.3) is 5.91 Å². The minimum Gasteiger partial charge on any atom is -0.483 e. The molecule has 0 heterocycles. The first-order chi connectivity index (χ1) is 10.1. The third-order valence-corrected chi connectivity index (χ3v) is 3.26. The zero-order valence-corrected chi connectivity index (χ0v) is 13.0. The van der Waals surface area contributed by atoms with Gasteiger partial charge in [0.15, 0.2) is 6.61 Å². The number of aryl methyl sites for hydroxylation is 1. The predicted molar refractivity (Wildman–Crippen MR) is 84.2 cm³/mol. The second-order valence-corrected chi connectivity index (χ2v) is 5.35. The van der Waals surface area contributed by atoms with E-state index in [0.717, 1.165) is 10.0 Å². The molecule has 0 aromatic heterocycles. The van der Waals surface area contributed by atoms with Crippen LogP contribution >= 0.6 is 15.9 Å². The fourth-order valence-corrected chi connectivity index (χ4v) is 2.26.